The molecule has 0 bridgehead atoms. The standard InChI is InChI=1S/C17H16FN3/c1-10-3-4-12(8-15(10)18)21-17-6-5-16(19)14-9-20-11(2)7-13(14)17/h3-9,21H,19H2,1-2H3. The summed E-state index contributed by atoms with van der Waals surface area (Å²) in [5.41, 5.74) is 9.79. The number of aryl methyl sites for hydroxylation is 2. The van der Waals surface area contributed by atoms with Crippen LogP contribution in [0.1, 0.15) is 11.3 Å². The van der Waals surface area contributed by atoms with Crippen LogP contribution in [0.2, 0.25) is 0 Å². The lowest BCUT2D eigenvalue weighted by Crippen LogP contribution is -1.96. The summed E-state index contributed by atoms with van der Waals surface area (Å²) in [7, 11) is 0. The largest absolute Gasteiger partial charge is 0.398 e. The molecule has 0 atom stereocenters. The van der Waals surface area contributed by atoms with Crippen molar-refractivity contribution in [1.29, 1.82) is 0 Å². The third kappa shape index (κ3) is 2.52. The monoisotopic (exact) mass is 281 g/mol. The molecule has 3 nitrogen and oxygen atoms in total. The molecule has 1 aromatic heterocycles. The van der Waals surface area contributed by atoms with E-state index >= 15 is 0 Å². The summed E-state index contributed by atoms with van der Waals surface area (Å²) in [6.07, 6.45) is 1.76. The molecule has 0 unspecified atom stereocenters. The summed E-state index contributed by atoms with van der Waals surface area (Å²) in [4.78, 5) is 4.27. The number of rotatable bonds is 2. The second kappa shape index (κ2) is 5.05. The zero-order valence-electron chi connectivity index (χ0n) is 11.9. The maximum absolute atomic E-state index is 13.7. The van der Waals surface area contributed by atoms with Gasteiger partial charge in [0.15, 0.2) is 0 Å². The number of halogens is 1. The van der Waals surface area contributed by atoms with Gasteiger partial charge in [0.05, 0.1) is 0 Å². The molecule has 0 aliphatic carbocycles. The van der Waals surface area contributed by atoms with Gasteiger partial charge in [-0.2, -0.15) is 0 Å². The van der Waals surface area contributed by atoms with Crippen LogP contribution < -0.4 is 11.1 Å². The molecule has 0 radical (unpaired) electrons. The molecule has 0 aliphatic rings. The molecule has 21 heavy (non-hydrogen) atoms. The van der Waals surface area contributed by atoms with Crippen molar-refractivity contribution in [1.82, 2.24) is 4.98 Å². The average molecular weight is 281 g/mol. The Labute approximate surface area is 122 Å². The molecule has 0 aliphatic heterocycles. The fourth-order valence-corrected chi connectivity index (χ4v) is 2.30. The molecular weight excluding hydrogens is 265 g/mol. The summed E-state index contributed by atoms with van der Waals surface area (Å²) in [6.45, 7) is 3.67. The topological polar surface area (TPSA) is 50.9 Å². The van der Waals surface area contributed by atoms with Gasteiger partial charge in [-0.3, -0.25) is 4.98 Å². The Morgan fingerprint density at radius 3 is 2.62 bits per heavy atom. The van der Waals surface area contributed by atoms with Crippen molar-refractivity contribution in [2.75, 3.05) is 11.1 Å². The second-order valence-corrected chi connectivity index (χ2v) is 5.16. The van der Waals surface area contributed by atoms with E-state index in [0.717, 1.165) is 22.2 Å². The molecule has 1 heterocycles. The Morgan fingerprint density at radius 2 is 1.86 bits per heavy atom. The maximum atomic E-state index is 13.7. The molecule has 3 aromatic rings. The number of pyridine rings is 1. The van der Waals surface area contributed by atoms with Crippen molar-refractivity contribution in [3.05, 3.63) is 59.7 Å². The van der Waals surface area contributed by atoms with E-state index in [4.69, 9.17) is 5.73 Å². The smallest absolute Gasteiger partial charge is 0.128 e. The van der Waals surface area contributed by atoms with E-state index in [2.05, 4.69) is 10.3 Å². The van der Waals surface area contributed by atoms with E-state index < -0.39 is 0 Å². The summed E-state index contributed by atoms with van der Waals surface area (Å²) in [6, 6.07) is 10.8. The van der Waals surface area contributed by atoms with Gasteiger partial charge in [0.25, 0.3) is 0 Å². The number of nitrogen functional groups attached to an aromatic ring is 1. The van der Waals surface area contributed by atoms with Crippen molar-refractivity contribution in [2.45, 2.75) is 13.8 Å². The molecule has 0 amide bonds. The summed E-state index contributed by atoms with van der Waals surface area (Å²) >= 11 is 0. The minimum Gasteiger partial charge on any atom is -0.398 e. The van der Waals surface area contributed by atoms with Gasteiger partial charge in [0, 0.05) is 39.7 Å². The van der Waals surface area contributed by atoms with Gasteiger partial charge in [-0.15, -0.1) is 0 Å². The van der Waals surface area contributed by atoms with Crippen molar-refractivity contribution in [3.63, 3.8) is 0 Å². The van der Waals surface area contributed by atoms with Crippen molar-refractivity contribution >= 4 is 27.8 Å². The van der Waals surface area contributed by atoms with Gasteiger partial charge >= 0.3 is 0 Å². The third-order valence-corrected chi connectivity index (χ3v) is 3.52. The predicted molar refractivity (Wildman–Crippen MR) is 85.3 cm³/mol. The minimum absolute atomic E-state index is 0.224. The van der Waals surface area contributed by atoms with Crippen LogP contribution in [-0.4, -0.2) is 4.98 Å². The number of anilines is 3. The Bertz CT molecular complexity index is 828. The number of nitrogens with one attached hydrogen (secondary N) is 1. The lowest BCUT2D eigenvalue weighted by molar-refractivity contribution is 0.619. The average Bonchev–Trinajstić information content (AvgIpc) is 2.46. The van der Waals surface area contributed by atoms with Crippen LogP contribution in [0.15, 0.2) is 42.6 Å². The van der Waals surface area contributed by atoms with Crippen LogP contribution in [0.3, 0.4) is 0 Å². The molecule has 106 valence electrons. The van der Waals surface area contributed by atoms with Crippen molar-refractivity contribution in [2.24, 2.45) is 0 Å². The first kappa shape index (κ1) is 13.4. The molecule has 0 spiro atoms. The van der Waals surface area contributed by atoms with E-state index in [1.54, 1.807) is 19.2 Å². The first-order valence-electron chi connectivity index (χ1n) is 6.72. The number of fused-ring (bicyclic) bond motifs is 1. The Kier molecular flexibility index (Phi) is 3.22. The van der Waals surface area contributed by atoms with E-state index in [0.29, 0.717) is 16.9 Å². The van der Waals surface area contributed by atoms with Crippen LogP contribution in [-0.2, 0) is 0 Å². The fraction of sp³-hybridized carbons (Fsp3) is 0.118. The van der Waals surface area contributed by atoms with Crippen molar-refractivity contribution in [3.8, 4) is 0 Å². The van der Waals surface area contributed by atoms with Gasteiger partial charge in [-0.05, 0) is 49.7 Å². The van der Waals surface area contributed by atoms with Gasteiger partial charge in [0.1, 0.15) is 5.82 Å². The lowest BCUT2D eigenvalue weighted by atomic mass is 10.1. The highest BCUT2D eigenvalue weighted by Gasteiger charge is 2.07. The van der Waals surface area contributed by atoms with Crippen LogP contribution in [0, 0.1) is 19.7 Å². The molecule has 4 heteroatoms. The number of nitrogens with two attached hydrogens (primary N) is 1. The number of aromatic nitrogens is 1. The summed E-state index contributed by atoms with van der Waals surface area (Å²) in [5.74, 6) is -0.224. The van der Waals surface area contributed by atoms with Gasteiger partial charge in [-0.25, -0.2) is 4.39 Å². The zero-order valence-corrected chi connectivity index (χ0v) is 11.9. The Hall–Kier alpha value is -2.62. The first-order valence-corrected chi connectivity index (χ1v) is 6.72. The molecule has 0 saturated carbocycles. The second-order valence-electron chi connectivity index (χ2n) is 5.16. The fourth-order valence-electron chi connectivity index (χ4n) is 2.30. The van der Waals surface area contributed by atoms with Crippen molar-refractivity contribution < 1.29 is 4.39 Å². The van der Waals surface area contributed by atoms with Crippen LogP contribution in [0.4, 0.5) is 21.5 Å². The predicted octanol–water partition coefficient (Wildman–Crippen LogP) is 4.32. The third-order valence-electron chi connectivity index (χ3n) is 3.52. The first-order chi connectivity index (χ1) is 10.0. The maximum Gasteiger partial charge on any atom is 0.128 e. The van der Waals surface area contributed by atoms with E-state index in [1.165, 1.54) is 6.07 Å². The normalized spacial score (nSPS) is 10.8. The van der Waals surface area contributed by atoms with Gasteiger partial charge < -0.3 is 11.1 Å². The molecule has 0 saturated heterocycles. The zero-order chi connectivity index (χ0) is 15.0. The van der Waals surface area contributed by atoms with Crippen LogP contribution in [0.5, 0.6) is 0 Å². The van der Waals surface area contributed by atoms with Crippen LogP contribution in [0.25, 0.3) is 10.8 Å². The molecule has 2 aromatic carbocycles. The number of hydrogen-bond donors (Lipinski definition) is 2. The van der Waals surface area contributed by atoms with E-state index in [-0.39, 0.29) is 5.82 Å². The highest BCUT2D eigenvalue weighted by Crippen LogP contribution is 2.30. The van der Waals surface area contributed by atoms with Crippen LogP contribution >= 0.6 is 0 Å². The number of nitrogens with zero attached hydrogens (tertiary/aromatic N) is 1. The molecule has 0 fully saturated rings. The Balaban J connectivity index is 2.10. The van der Waals surface area contributed by atoms with E-state index in [1.807, 2.05) is 31.2 Å². The van der Waals surface area contributed by atoms with E-state index in [9.17, 15) is 4.39 Å². The number of hydrogen-bond acceptors (Lipinski definition) is 3. The summed E-state index contributed by atoms with van der Waals surface area (Å²) < 4.78 is 13.7. The van der Waals surface area contributed by atoms with Gasteiger partial charge in [-0.1, -0.05) is 6.07 Å². The highest BCUT2D eigenvalue weighted by molar-refractivity contribution is 6.01. The lowest BCUT2D eigenvalue weighted by Gasteiger charge is -2.12. The van der Waals surface area contributed by atoms with Gasteiger partial charge in [0.2, 0.25) is 0 Å². The molecular formula is C17H16FN3. The highest BCUT2D eigenvalue weighted by atomic mass is 19.1. The minimum atomic E-state index is -0.224. The summed E-state index contributed by atoms with van der Waals surface area (Å²) in [5, 5.41) is 5.11. The Morgan fingerprint density at radius 1 is 1.05 bits per heavy atom. The molecule has 3 rings (SSSR count). The quantitative estimate of drug-likeness (QED) is 0.688. The molecule has 3 N–H and O–H groups in total. The SMILES string of the molecule is Cc1cc2c(Nc3ccc(C)c(F)c3)ccc(N)c2cn1. The number of benzene rings is 2.